The fourth-order valence-electron chi connectivity index (χ4n) is 5.06. The van der Waals surface area contributed by atoms with E-state index in [2.05, 4.69) is 10.1 Å². The molecular weight excluding hydrogens is 516 g/mol. The van der Waals surface area contributed by atoms with E-state index in [1.54, 1.807) is 16.5 Å². The normalized spacial score (nSPS) is 20.2. The summed E-state index contributed by atoms with van der Waals surface area (Å²) in [5, 5.41) is 4.48. The number of anilines is 2. The molecule has 206 valence electrons. The number of aromatic nitrogens is 6. The Kier molecular flexibility index (Phi) is 6.01. The summed E-state index contributed by atoms with van der Waals surface area (Å²) in [6.45, 7) is 2.85. The average Bonchev–Trinajstić information content (AvgIpc) is 3.50. The number of halogens is 4. The highest BCUT2D eigenvalue weighted by Crippen LogP contribution is 2.38. The number of aryl methyl sites for hydroxylation is 1. The topological polar surface area (TPSA) is 77.1 Å². The first-order valence-corrected chi connectivity index (χ1v) is 12.7. The molecule has 1 saturated heterocycles. The zero-order chi connectivity index (χ0) is 27.6. The quantitative estimate of drug-likeness (QED) is 0.336. The van der Waals surface area contributed by atoms with Crippen LogP contribution in [0.4, 0.5) is 29.5 Å². The number of hydrogen-bond acceptors (Lipinski definition) is 7. The van der Waals surface area contributed by atoms with E-state index in [0.717, 1.165) is 30.5 Å². The van der Waals surface area contributed by atoms with Crippen LogP contribution in [-0.2, 0) is 18.0 Å². The molecule has 0 radical (unpaired) electrons. The highest BCUT2D eigenvalue weighted by molar-refractivity contribution is 5.90. The lowest BCUT2D eigenvalue weighted by Gasteiger charge is -2.36. The molecule has 1 aliphatic carbocycles. The van der Waals surface area contributed by atoms with E-state index < -0.39 is 17.6 Å². The van der Waals surface area contributed by atoms with Gasteiger partial charge in [-0.05, 0) is 38.0 Å². The third kappa shape index (κ3) is 4.68. The number of hydrogen-bond donors (Lipinski definition) is 0. The maximum Gasteiger partial charge on any atom is 0.416 e. The Bertz CT molecular complexity index is 1540. The van der Waals surface area contributed by atoms with Crippen molar-refractivity contribution in [3.63, 3.8) is 0 Å². The van der Waals surface area contributed by atoms with E-state index >= 15 is 4.39 Å². The second-order valence-electron chi connectivity index (χ2n) is 10.4. The van der Waals surface area contributed by atoms with E-state index in [9.17, 15) is 13.2 Å². The second-order valence-corrected chi connectivity index (χ2v) is 10.4. The number of nitrogens with zero attached hydrogens (tertiary/aromatic N) is 8. The molecule has 6 rings (SSSR count). The van der Waals surface area contributed by atoms with E-state index in [0.29, 0.717) is 48.3 Å². The minimum absolute atomic E-state index is 0.0616. The Labute approximate surface area is 222 Å². The van der Waals surface area contributed by atoms with Gasteiger partial charge in [0.25, 0.3) is 0 Å². The van der Waals surface area contributed by atoms with Crippen molar-refractivity contribution in [1.82, 2.24) is 29.3 Å². The van der Waals surface area contributed by atoms with Gasteiger partial charge in [-0.3, -0.25) is 4.68 Å². The Morgan fingerprint density at radius 3 is 2.51 bits per heavy atom. The number of ether oxygens (including phenoxy) is 1. The molecule has 1 aliphatic heterocycles. The van der Waals surface area contributed by atoms with E-state index in [4.69, 9.17) is 14.7 Å². The van der Waals surface area contributed by atoms with Crippen LogP contribution < -0.4 is 9.80 Å². The van der Waals surface area contributed by atoms with Crippen LogP contribution in [0.2, 0.25) is 0 Å². The van der Waals surface area contributed by atoms with Gasteiger partial charge in [0, 0.05) is 45.0 Å². The summed E-state index contributed by atoms with van der Waals surface area (Å²) >= 11 is 0. The fraction of sp³-hybridized carbons (Fsp3) is 0.462. The number of morpholine rings is 1. The van der Waals surface area contributed by atoms with Crippen LogP contribution in [0, 0.1) is 5.82 Å². The molecule has 4 aromatic rings. The number of fused-ring (bicyclic) bond motifs is 1. The van der Waals surface area contributed by atoms with Gasteiger partial charge in [0.05, 0.1) is 30.5 Å². The fourth-order valence-corrected chi connectivity index (χ4v) is 5.06. The molecule has 0 spiro atoms. The summed E-state index contributed by atoms with van der Waals surface area (Å²) in [5.41, 5.74) is 0.726. The standard InChI is InChI=1S/C26H28F4N8O/c1-14-11-37(13-20(39-14)15-10-31-38(12-15)17-6-7-17)24-32-21(18-8-5-16(9-19(18)27)26(28,29)30)22-23(33-24)34-25(35(2)3)36(22)4/h5,8-10,12,14,17,20H,6-7,11,13H2,1-4H3/t14-,20-/m0/s1. The molecule has 39 heavy (non-hydrogen) atoms. The summed E-state index contributed by atoms with van der Waals surface area (Å²) < 4.78 is 64.9. The van der Waals surface area contributed by atoms with Crippen LogP contribution in [0.1, 0.15) is 43.0 Å². The van der Waals surface area contributed by atoms with Crippen LogP contribution in [0.15, 0.2) is 30.6 Å². The van der Waals surface area contributed by atoms with Gasteiger partial charge < -0.3 is 19.1 Å². The molecular formula is C26H28F4N8O. The molecule has 1 aromatic carbocycles. The van der Waals surface area contributed by atoms with E-state index in [1.165, 1.54) is 0 Å². The van der Waals surface area contributed by atoms with Crippen molar-refractivity contribution in [3.05, 3.63) is 47.5 Å². The molecule has 2 fully saturated rings. The third-order valence-electron chi connectivity index (χ3n) is 7.10. The molecule has 0 unspecified atom stereocenters. The summed E-state index contributed by atoms with van der Waals surface area (Å²) in [6.07, 6.45) is 0.939. The van der Waals surface area contributed by atoms with Gasteiger partial charge in [0.1, 0.15) is 23.1 Å². The Morgan fingerprint density at radius 1 is 1.08 bits per heavy atom. The zero-order valence-corrected chi connectivity index (χ0v) is 21.9. The second kappa shape index (κ2) is 9.18. The molecule has 4 heterocycles. The van der Waals surface area contributed by atoms with Crippen LogP contribution in [-0.4, -0.2) is 62.6 Å². The van der Waals surface area contributed by atoms with Crippen LogP contribution in [0.5, 0.6) is 0 Å². The Balaban J connectivity index is 1.44. The van der Waals surface area contributed by atoms with Crippen molar-refractivity contribution in [2.75, 3.05) is 37.0 Å². The summed E-state index contributed by atoms with van der Waals surface area (Å²) in [7, 11) is 5.36. The molecule has 9 nitrogen and oxygen atoms in total. The van der Waals surface area contributed by atoms with Crippen molar-refractivity contribution in [3.8, 4) is 11.3 Å². The lowest BCUT2D eigenvalue weighted by atomic mass is 10.1. The molecule has 13 heteroatoms. The number of rotatable bonds is 5. The smallest absolute Gasteiger partial charge is 0.367 e. The average molecular weight is 545 g/mol. The number of alkyl halides is 3. The SMILES string of the molecule is C[C@H]1CN(c2nc(-c3ccc(C(F)(F)F)cc3F)c3c(n2)nc(N(C)C)n3C)C[C@@H](c2cnn(C3CC3)c2)O1. The lowest BCUT2D eigenvalue weighted by Crippen LogP contribution is -2.43. The summed E-state index contributed by atoms with van der Waals surface area (Å²) in [5.74, 6) is -0.176. The first kappa shape index (κ1) is 25.5. The van der Waals surface area contributed by atoms with Crippen LogP contribution in [0.25, 0.3) is 22.4 Å². The molecule has 3 aromatic heterocycles. The molecule has 0 bridgehead atoms. The molecule has 0 N–H and O–H groups in total. The van der Waals surface area contributed by atoms with Gasteiger partial charge >= 0.3 is 6.18 Å². The predicted molar refractivity (Wildman–Crippen MR) is 137 cm³/mol. The number of imidazole rings is 1. The van der Waals surface area contributed by atoms with E-state index in [-0.39, 0.29) is 23.5 Å². The maximum absolute atomic E-state index is 15.2. The molecule has 2 aliphatic rings. The minimum atomic E-state index is -4.66. The zero-order valence-electron chi connectivity index (χ0n) is 21.9. The first-order valence-electron chi connectivity index (χ1n) is 12.7. The van der Waals surface area contributed by atoms with Gasteiger partial charge in [0.15, 0.2) is 5.65 Å². The van der Waals surface area contributed by atoms with Crippen LogP contribution in [0.3, 0.4) is 0 Å². The van der Waals surface area contributed by atoms with Crippen molar-refractivity contribution in [2.24, 2.45) is 7.05 Å². The molecule has 2 atom stereocenters. The summed E-state index contributed by atoms with van der Waals surface area (Å²) in [6, 6.07) is 2.91. The monoisotopic (exact) mass is 544 g/mol. The van der Waals surface area contributed by atoms with Gasteiger partial charge in [-0.1, -0.05) is 0 Å². The van der Waals surface area contributed by atoms with Crippen molar-refractivity contribution in [1.29, 1.82) is 0 Å². The highest BCUT2D eigenvalue weighted by Gasteiger charge is 2.34. The van der Waals surface area contributed by atoms with E-state index in [1.807, 2.05) is 43.0 Å². The number of benzene rings is 1. The van der Waals surface area contributed by atoms with Gasteiger partial charge in [-0.25, -0.2) is 9.37 Å². The van der Waals surface area contributed by atoms with Crippen molar-refractivity contribution >= 4 is 23.1 Å². The summed E-state index contributed by atoms with van der Waals surface area (Å²) in [4.78, 5) is 17.8. The van der Waals surface area contributed by atoms with Gasteiger partial charge in [0.2, 0.25) is 11.9 Å². The first-order chi connectivity index (χ1) is 18.5. The molecule has 0 amide bonds. The maximum atomic E-state index is 15.2. The lowest BCUT2D eigenvalue weighted by molar-refractivity contribution is -0.137. The molecule has 1 saturated carbocycles. The predicted octanol–water partition coefficient (Wildman–Crippen LogP) is 4.75. The van der Waals surface area contributed by atoms with Crippen molar-refractivity contribution in [2.45, 2.75) is 44.2 Å². The van der Waals surface area contributed by atoms with Crippen molar-refractivity contribution < 1.29 is 22.3 Å². The largest absolute Gasteiger partial charge is 0.416 e. The Morgan fingerprint density at radius 2 is 1.85 bits per heavy atom. The highest BCUT2D eigenvalue weighted by atomic mass is 19.4. The third-order valence-corrected chi connectivity index (χ3v) is 7.10. The van der Waals surface area contributed by atoms with Gasteiger partial charge in [-0.15, -0.1) is 0 Å². The minimum Gasteiger partial charge on any atom is -0.367 e. The van der Waals surface area contributed by atoms with Gasteiger partial charge in [-0.2, -0.15) is 28.2 Å². The van der Waals surface area contributed by atoms with Crippen LogP contribution >= 0.6 is 0 Å². The Hall–Kier alpha value is -3.74.